The molecule has 1 aromatic heterocycles. The van der Waals surface area contributed by atoms with Crippen LogP contribution >= 0.6 is 15.9 Å². The van der Waals surface area contributed by atoms with Gasteiger partial charge >= 0.3 is 0 Å². The molecule has 0 spiro atoms. The third-order valence-electron chi connectivity index (χ3n) is 2.56. The number of aryl methyl sites for hydroxylation is 1. The smallest absolute Gasteiger partial charge is 0.123 e. The maximum Gasteiger partial charge on any atom is 0.123 e. The molecular weight excluding hydrogens is 285 g/mol. The first-order valence-corrected chi connectivity index (χ1v) is 6.04. The molecule has 0 saturated heterocycles. The van der Waals surface area contributed by atoms with E-state index in [1.165, 1.54) is 12.1 Å². The maximum absolute atomic E-state index is 13.2. The molecule has 2 aromatic rings. The summed E-state index contributed by atoms with van der Waals surface area (Å²) in [6, 6.07) is 6.17. The van der Waals surface area contributed by atoms with Gasteiger partial charge in [-0.2, -0.15) is 5.10 Å². The SMILES string of the molecule is Cn1ccc(CC(N)c2cc(F)ccc2Br)n1. The van der Waals surface area contributed by atoms with Crippen molar-refractivity contribution in [1.29, 1.82) is 0 Å². The molecule has 3 nitrogen and oxygen atoms in total. The van der Waals surface area contributed by atoms with E-state index < -0.39 is 0 Å². The van der Waals surface area contributed by atoms with Gasteiger partial charge in [0, 0.05) is 30.2 Å². The van der Waals surface area contributed by atoms with Crippen molar-refractivity contribution >= 4 is 15.9 Å². The van der Waals surface area contributed by atoms with Crippen LogP contribution in [0.3, 0.4) is 0 Å². The number of halogens is 2. The van der Waals surface area contributed by atoms with E-state index >= 15 is 0 Å². The van der Waals surface area contributed by atoms with E-state index in [9.17, 15) is 4.39 Å². The maximum atomic E-state index is 13.2. The fraction of sp³-hybridized carbons (Fsp3) is 0.250. The van der Waals surface area contributed by atoms with Gasteiger partial charge in [0.25, 0.3) is 0 Å². The van der Waals surface area contributed by atoms with Crippen molar-refractivity contribution in [3.63, 3.8) is 0 Å². The van der Waals surface area contributed by atoms with E-state index in [0.29, 0.717) is 6.42 Å². The Hall–Kier alpha value is -1.20. The van der Waals surface area contributed by atoms with Crippen molar-refractivity contribution in [3.8, 4) is 0 Å². The summed E-state index contributed by atoms with van der Waals surface area (Å²) < 4.78 is 15.7. The summed E-state index contributed by atoms with van der Waals surface area (Å²) in [6.45, 7) is 0. The summed E-state index contributed by atoms with van der Waals surface area (Å²) in [5.41, 5.74) is 7.72. The minimum absolute atomic E-state index is 0.269. The first-order chi connectivity index (χ1) is 8.06. The highest BCUT2D eigenvalue weighted by atomic mass is 79.9. The van der Waals surface area contributed by atoms with Crippen molar-refractivity contribution in [2.75, 3.05) is 0 Å². The first kappa shape index (κ1) is 12.3. The third-order valence-corrected chi connectivity index (χ3v) is 3.28. The number of nitrogens with two attached hydrogens (primary N) is 1. The van der Waals surface area contributed by atoms with Gasteiger partial charge in [0.2, 0.25) is 0 Å². The number of hydrogen-bond donors (Lipinski definition) is 1. The van der Waals surface area contributed by atoms with E-state index in [1.54, 1.807) is 10.7 Å². The van der Waals surface area contributed by atoms with E-state index in [4.69, 9.17) is 5.73 Å². The average molecular weight is 298 g/mol. The van der Waals surface area contributed by atoms with Gasteiger partial charge in [0.15, 0.2) is 0 Å². The third kappa shape index (κ3) is 2.92. The van der Waals surface area contributed by atoms with E-state index in [2.05, 4.69) is 21.0 Å². The van der Waals surface area contributed by atoms with Gasteiger partial charge in [-0.05, 0) is 29.8 Å². The molecule has 0 aliphatic carbocycles. The largest absolute Gasteiger partial charge is 0.324 e. The molecule has 0 fully saturated rings. The standard InChI is InChI=1S/C12H13BrFN3/c1-17-5-4-9(16-17)7-12(15)10-6-8(14)2-3-11(10)13/h2-6,12H,7,15H2,1H3. The van der Waals surface area contributed by atoms with Gasteiger partial charge < -0.3 is 5.73 Å². The number of hydrogen-bond acceptors (Lipinski definition) is 2. The van der Waals surface area contributed by atoms with Crippen LogP contribution in [0.1, 0.15) is 17.3 Å². The summed E-state index contributed by atoms with van der Waals surface area (Å²) in [6.07, 6.45) is 2.45. The number of nitrogens with zero attached hydrogens (tertiary/aromatic N) is 2. The lowest BCUT2D eigenvalue weighted by Gasteiger charge is -2.12. The molecule has 17 heavy (non-hydrogen) atoms. The van der Waals surface area contributed by atoms with Gasteiger partial charge in [0.05, 0.1) is 5.69 Å². The monoisotopic (exact) mass is 297 g/mol. The van der Waals surface area contributed by atoms with Crippen molar-refractivity contribution in [1.82, 2.24) is 9.78 Å². The second-order valence-electron chi connectivity index (χ2n) is 3.96. The molecule has 1 unspecified atom stereocenters. The van der Waals surface area contributed by atoms with Gasteiger partial charge in [-0.3, -0.25) is 4.68 Å². The summed E-state index contributed by atoms with van der Waals surface area (Å²) in [4.78, 5) is 0. The lowest BCUT2D eigenvalue weighted by Crippen LogP contribution is -2.14. The Morgan fingerprint density at radius 3 is 2.88 bits per heavy atom. The molecule has 0 aliphatic heterocycles. The van der Waals surface area contributed by atoms with Crippen LogP contribution in [-0.4, -0.2) is 9.78 Å². The van der Waals surface area contributed by atoms with Crippen molar-refractivity contribution in [2.45, 2.75) is 12.5 Å². The van der Waals surface area contributed by atoms with Crippen LogP contribution in [0.5, 0.6) is 0 Å². The Labute approximate surface area is 108 Å². The second-order valence-corrected chi connectivity index (χ2v) is 4.81. The van der Waals surface area contributed by atoms with Crippen LogP contribution in [0.2, 0.25) is 0 Å². The molecule has 0 amide bonds. The Kier molecular flexibility index (Phi) is 3.59. The van der Waals surface area contributed by atoms with Crippen LogP contribution in [0, 0.1) is 5.82 Å². The number of rotatable bonds is 3. The molecule has 1 aromatic carbocycles. The van der Waals surface area contributed by atoms with Gasteiger partial charge in [0.1, 0.15) is 5.82 Å². The number of aromatic nitrogens is 2. The predicted octanol–water partition coefficient (Wildman–Crippen LogP) is 2.56. The normalized spacial score (nSPS) is 12.7. The molecule has 0 radical (unpaired) electrons. The second kappa shape index (κ2) is 4.98. The fourth-order valence-electron chi connectivity index (χ4n) is 1.71. The fourth-order valence-corrected chi connectivity index (χ4v) is 2.25. The molecular formula is C12H13BrFN3. The molecule has 2 rings (SSSR count). The van der Waals surface area contributed by atoms with Crippen LogP contribution in [-0.2, 0) is 13.5 Å². The minimum Gasteiger partial charge on any atom is -0.324 e. The Morgan fingerprint density at radius 1 is 1.47 bits per heavy atom. The van der Waals surface area contributed by atoms with Crippen molar-refractivity contribution in [2.24, 2.45) is 12.8 Å². The van der Waals surface area contributed by atoms with E-state index in [0.717, 1.165) is 15.7 Å². The zero-order chi connectivity index (χ0) is 12.4. The van der Waals surface area contributed by atoms with Gasteiger partial charge in [-0.25, -0.2) is 4.39 Å². The topological polar surface area (TPSA) is 43.8 Å². The lowest BCUT2D eigenvalue weighted by molar-refractivity contribution is 0.615. The quantitative estimate of drug-likeness (QED) is 0.946. The zero-order valence-corrected chi connectivity index (χ0v) is 11.0. The molecule has 5 heteroatoms. The van der Waals surface area contributed by atoms with Crippen LogP contribution < -0.4 is 5.73 Å². The Balaban J connectivity index is 2.19. The summed E-state index contributed by atoms with van der Waals surface area (Å²) in [7, 11) is 1.85. The van der Waals surface area contributed by atoms with Gasteiger partial charge in [-0.15, -0.1) is 0 Å². The van der Waals surface area contributed by atoms with Crippen molar-refractivity contribution in [3.05, 3.63) is 52.0 Å². The minimum atomic E-state index is -0.278. The van der Waals surface area contributed by atoms with Crippen LogP contribution in [0.25, 0.3) is 0 Å². The highest BCUT2D eigenvalue weighted by Gasteiger charge is 2.13. The van der Waals surface area contributed by atoms with Crippen LogP contribution in [0.4, 0.5) is 4.39 Å². The van der Waals surface area contributed by atoms with E-state index in [1.807, 2.05) is 19.3 Å². The predicted molar refractivity (Wildman–Crippen MR) is 67.9 cm³/mol. The summed E-state index contributed by atoms with van der Waals surface area (Å²) in [5, 5.41) is 4.26. The molecule has 1 atom stereocenters. The van der Waals surface area contributed by atoms with E-state index in [-0.39, 0.29) is 11.9 Å². The Bertz CT molecular complexity index is 524. The molecule has 2 N–H and O–H groups in total. The molecule has 0 saturated carbocycles. The molecule has 0 bridgehead atoms. The molecule has 0 aliphatic rings. The first-order valence-electron chi connectivity index (χ1n) is 5.25. The molecule has 90 valence electrons. The Morgan fingerprint density at radius 2 is 2.24 bits per heavy atom. The zero-order valence-electron chi connectivity index (χ0n) is 9.40. The van der Waals surface area contributed by atoms with Crippen molar-refractivity contribution < 1.29 is 4.39 Å². The summed E-state index contributed by atoms with van der Waals surface area (Å²) >= 11 is 3.38. The highest BCUT2D eigenvalue weighted by Crippen LogP contribution is 2.25. The lowest BCUT2D eigenvalue weighted by atomic mass is 10.0. The molecule has 1 heterocycles. The number of benzene rings is 1. The van der Waals surface area contributed by atoms with Gasteiger partial charge in [-0.1, -0.05) is 15.9 Å². The summed E-state index contributed by atoms with van der Waals surface area (Å²) in [5.74, 6) is -0.278. The highest BCUT2D eigenvalue weighted by molar-refractivity contribution is 9.10. The average Bonchev–Trinajstić information content (AvgIpc) is 2.67. The van der Waals surface area contributed by atoms with Crippen LogP contribution in [0.15, 0.2) is 34.9 Å².